The first-order valence-corrected chi connectivity index (χ1v) is 6.58. The van der Waals surface area contributed by atoms with E-state index in [-0.39, 0.29) is 0 Å². The summed E-state index contributed by atoms with van der Waals surface area (Å²) < 4.78 is 0. The van der Waals surface area contributed by atoms with E-state index in [1.54, 1.807) is 0 Å². The highest BCUT2D eigenvalue weighted by molar-refractivity contribution is 8.15. The Morgan fingerprint density at radius 2 is 2.00 bits per heavy atom. The molecule has 1 saturated carbocycles. The average molecular weight is 217 g/mol. The van der Waals surface area contributed by atoms with E-state index in [4.69, 9.17) is 4.99 Å². The van der Waals surface area contributed by atoms with Crippen LogP contribution in [0.4, 0.5) is 0 Å². The van der Waals surface area contributed by atoms with Crippen molar-refractivity contribution < 1.29 is 0 Å². The summed E-state index contributed by atoms with van der Waals surface area (Å²) in [6, 6.07) is 10.6. The van der Waals surface area contributed by atoms with Crippen molar-refractivity contribution in [2.75, 3.05) is 6.54 Å². The van der Waals surface area contributed by atoms with E-state index in [9.17, 15) is 0 Å². The molecule has 0 aromatic heterocycles. The van der Waals surface area contributed by atoms with Crippen LogP contribution < -0.4 is 0 Å². The lowest BCUT2D eigenvalue weighted by Crippen LogP contribution is -2.21. The number of nitrogens with zero attached hydrogens (tertiary/aromatic N) is 1. The van der Waals surface area contributed by atoms with E-state index in [1.807, 2.05) is 11.8 Å². The van der Waals surface area contributed by atoms with Crippen molar-refractivity contribution in [2.45, 2.75) is 24.5 Å². The minimum Gasteiger partial charge on any atom is -0.277 e. The highest BCUT2D eigenvalue weighted by Crippen LogP contribution is 2.40. The lowest BCUT2D eigenvalue weighted by Gasteiger charge is -2.23. The Bertz CT molecular complexity index is 371. The summed E-state index contributed by atoms with van der Waals surface area (Å²) >= 11 is 2.01. The predicted octanol–water partition coefficient (Wildman–Crippen LogP) is 3.35. The molecule has 1 aliphatic carbocycles. The highest BCUT2D eigenvalue weighted by atomic mass is 32.2. The monoisotopic (exact) mass is 217 g/mol. The van der Waals surface area contributed by atoms with Crippen molar-refractivity contribution in [3.63, 3.8) is 0 Å². The smallest absolute Gasteiger partial charge is 0.0979 e. The van der Waals surface area contributed by atoms with Crippen molar-refractivity contribution in [2.24, 2.45) is 10.9 Å². The summed E-state index contributed by atoms with van der Waals surface area (Å²) in [6.45, 7) is 1.06. The van der Waals surface area contributed by atoms with Gasteiger partial charge in [0.05, 0.1) is 5.04 Å². The lowest BCUT2D eigenvalue weighted by atomic mass is 10.1. The van der Waals surface area contributed by atoms with Crippen LogP contribution in [0.5, 0.6) is 0 Å². The van der Waals surface area contributed by atoms with Crippen molar-refractivity contribution in [1.82, 2.24) is 0 Å². The number of hydrogen-bond acceptors (Lipinski definition) is 2. The highest BCUT2D eigenvalue weighted by Gasteiger charge is 2.31. The fraction of sp³-hybridized carbons (Fsp3) is 0.462. The molecule has 15 heavy (non-hydrogen) atoms. The Kier molecular flexibility index (Phi) is 2.53. The molecule has 1 heterocycles. The molecule has 2 atom stereocenters. The third-order valence-electron chi connectivity index (χ3n) is 3.34. The Labute approximate surface area is 95.0 Å². The van der Waals surface area contributed by atoms with Crippen molar-refractivity contribution in [3.05, 3.63) is 35.9 Å². The fourth-order valence-corrected chi connectivity index (χ4v) is 3.89. The maximum atomic E-state index is 4.72. The van der Waals surface area contributed by atoms with Crippen LogP contribution in [0.3, 0.4) is 0 Å². The zero-order valence-electron chi connectivity index (χ0n) is 8.73. The molecule has 1 aromatic rings. The molecule has 0 radical (unpaired) electrons. The first-order valence-electron chi connectivity index (χ1n) is 5.70. The van der Waals surface area contributed by atoms with Gasteiger partial charge in [0.2, 0.25) is 0 Å². The van der Waals surface area contributed by atoms with Crippen molar-refractivity contribution >= 4 is 16.8 Å². The van der Waals surface area contributed by atoms with Crippen LogP contribution in [0.15, 0.2) is 35.3 Å². The van der Waals surface area contributed by atoms with Gasteiger partial charge >= 0.3 is 0 Å². The summed E-state index contributed by atoms with van der Waals surface area (Å²) in [4.78, 5) is 4.72. The maximum Gasteiger partial charge on any atom is 0.0979 e. The molecule has 2 aliphatic rings. The van der Waals surface area contributed by atoms with Crippen molar-refractivity contribution in [3.8, 4) is 0 Å². The van der Waals surface area contributed by atoms with Gasteiger partial charge in [-0.05, 0) is 18.8 Å². The van der Waals surface area contributed by atoms with Gasteiger partial charge in [-0.25, -0.2) is 0 Å². The van der Waals surface area contributed by atoms with Gasteiger partial charge in [-0.1, -0.05) is 36.8 Å². The number of aliphatic imine (C=N–C) groups is 1. The molecule has 0 amide bonds. The second-order valence-corrected chi connectivity index (χ2v) is 5.59. The first kappa shape index (κ1) is 9.46. The van der Waals surface area contributed by atoms with Gasteiger partial charge in [-0.2, -0.15) is 0 Å². The molecule has 1 fully saturated rings. The number of rotatable bonds is 1. The van der Waals surface area contributed by atoms with E-state index in [0.717, 1.165) is 17.7 Å². The zero-order valence-corrected chi connectivity index (χ0v) is 9.54. The molecule has 3 rings (SSSR count). The molecule has 1 nitrogen and oxygen atoms in total. The van der Waals surface area contributed by atoms with Crippen LogP contribution in [0.1, 0.15) is 24.8 Å². The normalized spacial score (nSPS) is 29.7. The quantitative estimate of drug-likeness (QED) is 0.702. The first-order chi connectivity index (χ1) is 7.43. The number of benzene rings is 1. The van der Waals surface area contributed by atoms with Crippen LogP contribution in [0.25, 0.3) is 0 Å². The number of fused-ring (bicyclic) bond motifs is 1. The van der Waals surface area contributed by atoms with Crippen LogP contribution in [0, 0.1) is 5.92 Å². The fourth-order valence-electron chi connectivity index (χ4n) is 2.49. The van der Waals surface area contributed by atoms with Crippen molar-refractivity contribution in [1.29, 1.82) is 0 Å². The minimum atomic E-state index is 0.845. The molecular formula is C13H15NS. The average Bonchev–Trinajstić information content (AvgIpc) is 2.77. The summed E-state index contributed by atoms with van der Waals surface area (Å²) in [5, 5.41) is 2.11. The molecule has 78 valence electrons. The van der Waals surface area contributed by atoms with E-state index in [1.165, 1.54) is 29.9 Å². The van der Waals surface area contributed by atoms with Gasteiger partial charge < -0.3 is 0 Å². The zero-order chi connectivity index (χ0) is 10.1. The SMILES string of the molecule is c1ccc(C2=NC[C@@H]3CCC[C@H]3S2)cc1. The van der Waals surface area contributed by atoms with Gasteiger partial charge in [0.15, 0.2) is 0 Å². The Morgan fingerprint density at radius 3 is 2.87 bits per heavy atom. The summed E-state index contributed by atoms with van der Waals surface area (Å²) in [5.74, 6) is 0.863. The standard InChI is InChI=1S/C13H15NS/c1-2-5-10(6-3-1)13-14-9-11-7-4-8-12(11)15-13/h1-3,5-6,11-12H,4,7-9H2/t11-,12+/m0/s1. The summed E-state index contributed by atoms with van der Waals surface area (Å²) in [6.07, 6.45) is 4.18. The topological polar surface area (TPSA) is 12.4 Å². The Morgan fingerprint density at radius 1 is 1.13 bits per heavy atom. The third-order valence-corrected chi connectivity index (χ3v) is 4.85. The molecule has 2 heteroatoms. The molecule has 0 N–H and O–H groups in total. The molecule has 1 aliphatic heterocycles. The second kappa shape index (κ2) is 4.01. The minimum absolute atomic E-state index is 0.845. The van der Waals surface area contributed by atoms with Gasteiger partial charge in [-0.3, -0.25) is 4.99 Å². The molecule has 0 saturated heterocycles. The summed E-state index contributed by atoms with van der Waals surface area (Å²) in [5.41, 5.74) is 1.30. The van der Waals surface area contributed by atoms with Crippen LogP contribution >= 0.6 is 11.8 Å². The Balaban J connectivity index is 1.84. The van der Waals surface area contributed by atoms with Gasteiger partial charge in [0.25, 0.3) is 0 Å². The number of thioether (sulfide) groups is 1. The van der Waals surface area contributed by atoms with Gasteiger partial charge in [-0.15, -0.1) is 11.8 Å². The summed E-state index contributed by atoms with van der Waals surface area (Å²) in [7, 11) is 0. The molecule has 0 bridgehead atoms. The van der Waals surface area contributed by atoms with Crippen LogP contribution in [-0.2, 0) is 0 Å². The third kappa shape index (κ3) is 1.83. The molecular weight excluding hydrogens is 202 g/mol. The molecule has 0 unspecified atom stereocenters. The van der Waals surface area contributed by atoms with Gasteiger partial charge in [0.1, 0.15) is 0 Å². The lowest BCUT2D eigenvalue weighted by molar-refractivity contribution is 0.572. The van der Waals surface area contributed by atoms with Gasteiger partial charge in [0, 0.05) is 17.4 Å². The van der Waals surface area contributed by atoms with Crippen LogP contribution in [-0.4, -0.2) is 16.8 Å². The predicted molar refractivity (Wildman–Crippen MR) is 66.6 cm³/mol. The maximum absolute atomic E-state index is 4.72. The van der Waals surface area contributed by atoms with Crippen LogP contribution in [0.2, 0.25) is 0 Å². The molecule has 1 aromatic carbocycles. The van der Waals surface area contributed by atoms with E-state index >= 15 is 0 Å². The molecule has 0 spiro atoms. The van der Waals surface area contributed by atoms with E-state index in [2.05, 4.69) is 30.3 Å². The Hall–Kier alpha value is -0.760. The van der Waals surface area contributed by atoms with E-state index < -0.39 is 0 Å². The van der Waals surface area contributed by atoms with E-state index in [0.29, 0.717) is 0 Å². The number of hydrogen-bond donors (Lipinski definition) is 0. The largest absolute Gasteiger partial charge is 0.277 e. The second-order valence-electron chi connectivity index (χ2n) is 4.36.